The Morgan fingerprint density at radius 3 is 2.64 bits per heavy atom. The van der Waals surface area contributed by atoms with Crippen LogP contribution in [0.1, 0.15) is 16.4 Å². The summed E-state index contributed by atoms with van der Waals surface area (Å²) >= 11 is 6.19. The minimum Gasteiger partial charge on any atom is -0.377 e. The van der Waals surface area contributed by atoms with Crippen molar-refractivity contribution in [3.63, 3.8) is 0 Å². The van der Waals surface area contributed by atoms with Crippen LogP contribution in [0.5, 0.6) is 0 Å². The molecule has 6 rings (SSSR count). The van der Waals surface area contributed by atoms with Crippen molar-refractivity contribution in [2.75, 3.05) is 44.3 Å². The number of aromatic nitrogens is 4. The van der Waals surface area contributed by atoms with E-state index in [1.807, 2.05) is 46.1 Å². The van der Waals surface area contributed by atoms with Gasteiger partial charge in [0.05, 0.1) is 41.6 Å². The summed E-state index contributed by atoms with van der Waals surface area (Å²) < 4.78 is 12.9. The van der Waals surface area contributed by atoms with Crippen molar-refractivity contribution in [1.29, 1.82) is 0 Å². The lowest BCUT2D eigenvalue weighted by atomic mass is 10.1. The van der Waals surface area contributed by atoms with Crippen LogP contribution >= 0.6 is 11.6 Å². The molecule has 4 heterocycles. The first-order valence-electron chi connectivity index (χ1n) is 10.9. The molecule has 2 aliphatic heterocycles. The predicted octanol–water partition coefficient (Wildman–Crippen LogP) is 3.27. The Hall–Kier alpha value is -3.43. The topological polar surface area (TPSA) is 89.5 Å². The normalized spacial score (nSPS) is 16.9. The molecule has 2 saturated heterocycles. The van der Waals surface area contributed by atoms with Gasteiger partial charge in [0, 0.05) is 37.1 Å². The van der Waals surface area contributed by atoms with E-state index in [2.05, 4.69) is 15.2 Å². The van der Waals surface area contributed by atoms with E-state index in [4.69, 9.17) is 20.9 Å². The second-order valence-corrected chi connectivity index (χ2v) is 8.62. The van der Waals surface area contributed by atoms with E-state index in [0.29, 0.717) is 61.8 Å². The number of anilines is 1. The summed E-state index contributed by atoms with van der Waals surface area (Å²) in [7, 11) is 0. The standard InChI is InChI=1S/C23H21ClN6O3/c24-19-4-2-1-3-18(19)22(31)28-7-9-29(10-8-28)23-26-21(33-27-23)15-5-6-16-12-25-30(20(16)11-15)17-13-32-14-17/h1-6,11-12,17H,7-10,13-14H2. The van der Waals surface area contributed by atoms with Crippen molar-refractivity contribution in [2.24, 2.45) is 0 Å². The lowest BCUT2D eigenvalue weighted by Gasteiger charge is -2.34. The van der Waals surface area contributed by atoms with E-state index in [-0.39, 0.29) is 11.9 Å². The van der Waals surface area contributed by atoms with E-state index in [9.17, 15) is 4.79 Å². The number of nitrogens with zero attached hydrogens (tertiary/aromatic N) is 6. The van der Waals surface area contributed by atoms with Crippen molar-refractivity contribution in [3.05, 3.63) is 59.2 Å². The first-order chi connectivity index (χ1) is 16.2. The maximum absolute atomic E-state index is 12.8. The molecule has 2 fully saturated rings. The van der Waals surface area contributed by atoms with E-state index >= 15 is 0 Å². The SMILES string of the molecule is O=C(c1ccccc1Cl)N1CCN(c2noc(-c3ccc4cnn(C5COC5)c4c3)n2)CC1. The van der Waals surface area contributed by atoms with Gasteiger partial charge in [0.1, 0.15) is 0 Å². The summed E-state index contributed by atoms with van der Waals surface area (Å²) in [6.45, 7) is 3.70. The van der Waals surface area contributed by atoms with Gasteiger partial charge in [-0.05, 0) is 29.4 Å². The Bertz CT molecular complexity index is 1320. The van der Waals surface area contributed by atoms with Crippen LogP contribution in [0.4, 0.5) is 5.95 Å². The summed E-state index contributed by atoms with van der Waals surface area (Å²) in [5, 5.41) is 10.2. The first kappa shape index (κ1) is 20.2. The van der Waals surface area contributed by atoms with E-state index in [1.165, 1.54) is 0 Å². The fourth-order valence-electron chi connectivity index (χ4n) is 4.20. The number of piperazine rings is 1. The molecule has 4 aromatic rings. The Morgan fingerprint density at radius 1 is 1.06 bits per heavy atom. The fraction of sp³-hybridized carbons (Fsp3) is 0.304. The highest BCUT2D eigenvalue weighted by Crippen LogP contribution is 2.28. The van der Waals surface area contributed by atoms with Crippen molar-refractivity contribution in [1.82, 2.24) is 24.8 Å². The van der Waals surface area contributed by atoms with Crippen LogP contribution in [-0.4, -0.2) is 70.1 Å². The van der Waals surface area contributed by atoms with Gasteiger partial charge in [0.2, 0.25) is 0 Å². The number of hydrogen-bond acceptors (Lipinski definition) is 7. The zero-order valence-corrected chi connectivity index (χ0v) is 18.5. The van der Waals surface area contributed by atoms with Crippen molar-refractivity contribution in [2.45, 2.75) is 6.04 Å². The molecule has 0 spiro atoms. The van der Waals surface area contributed by atoms with Gasteiger partial charge >= 0.3 is 0 Å². The van der Waals surface area contributed by atoms with E-state index < -0.39 is 0 Å². The third kappa shape index (κ3) is 3.63. The van der Waals surface area contributed by atoms with Gasteiger partial charge in [-0.15, -0.1) is 0 Å². The Morgan fingerprint density at radius 2 is 1.88 bits per heavy atom. The van der Waals surface area contributed by atoms with Gasteiger partial charge < -0.3 is 19.1 Å². The van der Waals surface area contributed by atoms with Crippen molar-refractivity contribution >= 4 is 34.4 Å². The van der Waals surface area contributed by atoms with Gasteiger partial charge in [0.25, 0.3) is 17.7 Å². The first-order valence-corrected chi connectivity index (χ1v) is 11.2. The van der Waals surface area contributed by atoms with Crippen LogP contribution in [-0.2, 0) is 4.74 Å². The number of carbonyl (C=O) groups is 1. The molecule has 0 atom stereocenters. The summed E-state index contributed by atoms with van der Waals surface area (Å²) in [4.78, 5) is 21.2. The number of hydrogen-bond donors (Lipinski definition) is 0. The lowest BCUT2D eigenvalue weighted by Crippen LogP contribution is -2.49. The van der Waals surface area contributed by atoms with Gasteiger partial charge in [-0.3, -0.25) is 9.48 Å². The van der Waals surface area contributed by atoms with Crippen LogP contribution < -0.4 is 4.90 Å². The van der Waals surface area contributed by atoms with Gasteiger partial charge in [-0.1, -0.05) is 29.8 Å². The number of carbonyl (C=O) groups excluding carboxylic acids is 1. The Kier molecular flexibility index (Phi) is 5.00. The molecule has 0 saturated carbocycles. The molecule has 0 radical (unpaired) electrons. The van der Waals surface area contributed by atoms with Gasteiger partial charge in [0.15, 0.2) is 0 Å². The molecule has 168 valence electrons. The molecular weight excluding hydrogens is 444 g/mol. The molecule has 0 bridgehead atoms. The highest BCUT2D eigenvalue weighted by atomic mass is 35.5. The fourth-order valence-corrected chi connectivity index (χ4v) is 4.42. The van der Waals surface area contributed by atoms with Crippen LogP contribution in [0.3, 0.4) is 0 Å². The molecule has 0 aliphatic carbocycles. The summed E-state index contributed by atoms with van der Waals surface area (Å²) in [6, 6.07) is 13.4. The molecule has 0 N–H and O–H groups in total. The second-order valence-electron chi connectivity index (χ2n) is 8.21. The van der Waals surface area contributed by atoms with Gasteiger partial charge in [-0.2, -0.15) is 10.1 Å². The molecule has 1 amide bonds. The lowest BCUT2D eigenvalue weighted by molar-refractivity contribution is -0.0266. The van der Waals surface area contributed by atoms with Crippen molar-refractivity contribution < 1.29 is 14.1 Å². The third-order valence-electron chi connectivity index (χ3n) is 6.18. The minimum absolute atomic E-state index is 0.0594. The minimum atomic E-state index is -0.0594. The summed E-state index contributed by atoms with van der Waals surface area (Å²) in [6.07, 6.45) is 1.86. The molecule has 2 aliphatic rings. The van der Waals surface area contributed by atoms with Crippen LogP contribution in [0.2, 0.25) is 5.02 Å². The number of amides is 1. The van der Waals surface area contributed by atoms with Crippen LogP contribution in [0, 0.1) is 0 Å². The van der Waals surface area contributed by atoms with Crippen LogP contribution in [0.15, 0.2) is 53.2 Å². The summed E-state index contributed by atoms with van der Waals surface area (Å²) in [5.41, 5.74) is 2.39. The number of benzene rings is 2. The maximum Gasteiger partial charge on any atom is 0.266 e. The molecule has 2 aromatic heterocycles. The molecule has 0 unspecified atom stereocenters. The van der Waals surface area contributed by atoms with Crippen LogP contribution in [0.25, 0.3) is 22.4 Å². The van der Waals surface area contributed by atoms with Crippen molar-refractivity contribution in [3.8, 4) is 11.5 Å². The average Bonchev–Trinajstić information content (AvgIpc) is 3.46. The largest absolute Gasteiger partial charge is 0.377 e. The molecule has 33 heavy (non-hydrogen) atoms. The summed E-state index contributed by atoms with van der Waals surface area (Å²) in [5.74, 6) is 0.922. The third-order valence-corrected chi connectivity index (χ3v) is 6.51. The highest BCUT2D eigenvalue weighted by Gasteiger charge is 2.26. The zero-order chi connectivity index (χ0) is 22.4. The van der Waals surface area contributed by atoms with E-state index in [0.717, 1.165) is 16.5 Å². The molecular formula is C23H21ClN6O3. The Labute approximate surface area is 194 Å². The quantitative estimate of drug-likeness (QED) is 0.458. The highest BCUT2D eigenvalue weighted by molar-refractivity contribution is 6.33. The maximum atomic E-state index is 12.8. The predicted molar refractivity (Wildman–Crippen MR) is 122 cm³/mol. The zero-order valence-electron chi connectivity index (χ0n) is 17.7. The number of fused-ring (bicyclic) bond motifs is 1. The molecule has 2 aromatic carbocycles. The molecule has 9 nitrogen and oxygen atoms in total. The smallest absolute Gasteiger partial charge is 0.266 e. The number of ether oxygens (including phenoxy) is 1. The molecule has 10 heteroatoms. The average molecular weight is 465 g/mol. The monoisotopic (exact) mass is 464 g/mol. The Balaban J connectivity index is 1.16. The van der Waals surface area contributed by atoms with E-state index in [1.54, 1.807) is 17.0 Å². The number of halogens is 1. The second kappa shape index (κ2) is 8.17. The van der Waals surface area contributed by atoms with Gasteiger partial charge in [-0.25, -0.2) is 0 Å². The number of rotatable bonds is 4.